The molecule has 1 nitrogen and oxygen atoms in total. The smallest absolute Gasteiger partial charge is 0.126 e. The first-order chi connectivity index (χ1) is 8.19. The minimum absolute atomic E-state index is 0.485. The molecule has 0 amide bonds. The normalized spacial score (nSPS) is 10.5. The van der Waals surface area contributed by atoms with E-state index in [0.717, 1.165) is 16.7 Å². The summed E-state index contributed by atoms with van der Waals surface area (Å²) < 4.78 is 26.1. The zero-order chi connectivity index (χ0) is 12.3. The van der Waals surface area contributed by atoms with Crippen LogP contribution < -0.4 is 0 Å². The highest BCUT2D eigenvalue weighted by Crippen LogP contribution is 2.20. The number of hydrogen-bond donors (Lipinski definition) is 0. The Bertz CT molecular complexity index is 508. The first-order valence-corrected chi connectivity index (χ1v) is 6.34. The summed E-state index contributed by atoms with van der Waals surface area (Å²) in [5, 5.41) is 0.886. The van der Waals surface area contributed by atoms with Crippen LogP contribution in [0.2, 0.25) is 0 Å². The van der Waals surface area contributed by atoms with E-state index in [1.165, 1.54) is 23.9 Å². The highest BCUT2D eigenvalue weighted by Gasteiger charge is 2.06. The van der Waals surface area contributed by atoms with Crippen molar-refractivity contribution in [2.45, 2.75) is 11.4 Å². The molecule has 2 rings (SSSR count). The highest BCUT2D eigenvalue weighted by atomic mass is 32.2. The molecule has 1 heterocycles. The molecule has 0 saturated heterocycles. The van der Waals surface area contributed by atoms with Crippen LogP contribution in [-0.2, 0) is 6.42 Å². The second kappa shape index (κ2) is 5.27. The first-order valence-electron chi connectivity index (χ1n) is 5.12. The molecule has 0 spiro atoms. The highest BCUT2D eigenvalue weighted by molar-refractivity contribution is 7.98. The third-order valence-electron chi connectivity index (χ3n) is 2.36. The molecule has 0 saturated carbocycles. The molecule has 0 bridgehead atoms. The van der Waals surface area contributed by atoms with E-state index in [4.69, 9.17) is 0 Å². The van der Waals surface area contributed by atoms with E-state index in [0.29, 0.717) is 12.0 Å². The number of thioether (sulfide) groups is 1. The van der Waals surface area contributed by atoms with Crippen LogP contribution in [0.4, 0.5) is 8.78 Å². The SMILES string of the molecule is CSc1ncccc1Cc1cc(F)cc(F)c1. The Hall–Kier alpha value is -1.42. The van der Waals surface area contributed by atoms with Crippen LogP contribution in [0.1, 0.15) is 11.1 Å². The Morgan fingerprint density at radius 3 is 2.53 bits per heavy atom. The Balaban J connectivity index is 2.31. The Kier molecular flexibility index (Phi) is 3.74. The molecule has 0 N–H and O–H groups in total. The average molecular weight is 251 g/mol. The Morgan fingerprint density at radius 1 is 1.18 bits per heavy atom. The van der Waals surface area contributed by atoms with E-state index in [2.05, 4.69) is 4.98 Å². The fourth-order valence-corrected chi connectivity index (χ4v) is 2.24. The van der Waals surface area contributed by atoms with Crippen LogP contribution >= 0.6 is 11.8 Å². The Morgan fingerprint density at radius 2 is 1.88 bits per heavy atom. The van der Waals surface area contributed by atoms with Crippen LogP contribution in [0.5, 0.6) is 0 Å². The lowest BCUT2D eigenvalue weighted by atomic mass is 10.1. The van der Waals surface area contributed by atoms with Crippen molar-refractivity contribution in [2.24, 2.45) is 0 Å². The van der Waals surface area contributed by atoms with Crippen LogP contribution in [0.25, 0.3) is 0 Å². The number of pyridine rings is 1. The summed E-state index contributed by atoms with van der Waals surface area (Å²) in [6.45, 7) is 0. The molecule has 0 atom stereocenters. The quantitative estimate of drug-likeness (QED) is 0.772. The van der Waals surface area contributed by atoms with Crippen molar-refractivity contribution >= 4 is 11.8 Å². The monoisotopic (exact) mass is 251 g/mol. The summed E-state index contributed by atoms with van der Waals surface area (Å²) in [5.74, 6) is -1.09. The number of aromatic nitrogens is 1. The number of nitrogens with zero attached hydrogens (tertiary/aromatic N) is 1. The molecule has 0 fully saturated rings. The van der Waals surface area contributed by atoms with Gasteiger partial charge in [-0.3, -0.25) is 0 Å². The lowest BCUT2D eigenvalue weighted by Gasteiger charge is -2.06. The summed E-state index contributed by atoms with van der Waals surface area (Å²) >= 11 is 1.52. The molecule has 1 aromatic carbocycles. The molecule has 0 unspecified atom stereocenters. The van der Waals surface area contributed by atoms with Crippen molar-refractivity contribution in [3.8, 4) is 0 Å². The molecule has 17 heavy (non-hydrogen) atoms. The molecular formula is C13H11F2NS. The van der Waals surface area contributed by atoms with Gasteiger partial charge in [-0.05, 0) is 35.6 Å². The second-order valence-electron chi connectivity index (χ2n) is 3.63. The van der Waals surface area contributed by atoms with Gasteiger partial charge in [-0.1, -0.05) is 6.07 Å². The average Bonchev–Trinajstić information content (AvgIpc) is 2.28. The predicted octanol–water partition coefficient (Wildman–Crippen LogP) is 3.67. The van der Waals surface area contributed by atoms with E-state index < -0.39 is 11.6 Å². The van der Waals surface area contributed by atoms with Gasteiger partial charge in [0.25, 0.3) is 0 Å². The minimum Gasteiger partial charge on any atom is -0.250 e. The lowest BCUT2D eigenvalue weighted by Crippen LogP contribution is -1.94. The summed E-state index contributed by atoms with van der Waals surface area (Å²) in [7, 11) is 0. The number of halogens is 2. The van der Waals surface area contributed by atoms with Gasteiger partial charge < -0.3 is 0 Å². The summed E-state index contributed by atoms with van der Waals surface area (Å²) in [6, 6.07) is 7.31. The number of rotatable bonds is 3. The first kappa shape index (κ1) is 12.0. The van der Waals surface area contributed by atoms with Gasteiger partial charge in [-0.15, -0.1) is 11.8 Å². The van der Waals surface area contributed by atoms with Gasteiger partial charge in [0.05, 0.1) is 5.03 Å². The molecule has 88 valence electrons. The maximum atomic E-state index is 13.1. The molecular weight excluding hydrogens is 240 g/mol. The third-order valence-corrected chi connectivity index (χ3v) is 3.11. The van der Waals surface area contributed by atoms with E-state index in [1.807, 2.05) is 18.4 Å². The maximum absolute atomic E-state index is 13.1. The molecule has 0 radical (unpaired) electrons. The summed E-state index contributed by atoms with van der Waals surface area (Å²) in [5.41, 5.74) is 1.59. The number of benzene rings is 1. The Labute approximate surface area is 103 Å². The molecule has 1 aromatic heterocycles. The molecule has 0 aliphatic carbocycles. The van der Waals surface area contributed by atoms with Gasteiger partial charge >= 0.3 is 0 Å². The number of hydrogen-bond acceptors (Lipinski definition) is 2. The van der Waals surface area contributed by atoms with Crippen LogP contribution in [0.3, 0.4) is 0 Å². The van der Waals surface area contributed by atoms with E-state index in [9.17, 15) is 8.78 Å². The summed E-state index contributed by atoms with van der Waals surface area (Å²) in [6.07, 6.45) is 4.12. The predicted molar refractivity (Wildman–Crippen MR) is 65.2 cm³/mol. The zero-order valence-electron chi connectivity index (χ0n) is 9.28. The van der Waals surface area contributed by atoms with Gasteiger partial charge in [0.15, 0.2) is 0 Å². The molecule has 4 heteroatoms. The molecule has 0 aliphatic rings. The van der Waals surface area contributed by atoms with E-state index in [-0.39, 0.29) is 0 Å². The van der Waals surface area contributed by atoms with Crippen LogP contribution in [0, 0.1) is 11.6 Å². The van der Waals surface area contributed by atoms with Gasteiger partial charge in [0, 0.05) is 18.7 Å². The fraction of sp³-hybridized carbons (Fsp3) is 0.154. The van der Waals surface area contributed by atoms with Gasteiger partial charge in [-0.2, -0.15) is 0 Å². The lowest BCUT2D eigenvalue weighted by molar-refractivity contribution is 0.580. The van der Waals surface area contributed by atoms with Gasteiger partial charge in [-0.25, -0.2) is 13.8 Å². The van der Waals surface area contributed by atoms with Crippen molar-refractivity contribution in [3.05, 3.63) is 59.3 Å². The standard InChI is InChI=1S/C13H11F2NS/c1-17-13-10(3-2-4-16-13)5-9-6-11(14)8-12(15)7-9/h2-4,6-8H,5H2,1H3. The second-order valence-corrected chi connectivity index (χ2v) is 4.42. The van der Waals surface area contributed by atoms with Gasteiger partial charge in [0.1, 0.15) is 11.6 Å². The largest absolute Gasteiger partial charge is 0.250 e. The zero-order valence-corrected chi connectivity index (χ0v) is 10.1. The summed E-state index contributed by atoms with van der Waals surface area (Å²) in [4.78, 5) is 4.21. The van der Waals surface area contributed by atoms with Crippen LogP contribution in [0.15, 0.2) is 41.6 Å². The fourth-order valence-electron chi connectivity index (χ4n) is 1.68. The van der Waals surface area contributed by atoms with Crippen molar-refractivity contribution in [1.82, 2.24) is 4.98 Å². The van der Waals surface area contributed by atoms with Crippen LogP contribution in [-0.4, -0.2) is 11.2 Å². The van der Waals surface area contributed by atoms with E-state index in [1.54, 1.807) is 6.20 Å². The molecule has 0 aliphatic heterocycles. The van der Waals surface area contributed by atoms with Gasteiger partial charge in [0.2, 0.25) is 0 Å². The van der Waals surface area contributed by atoms with E-state index >= 15 is 0 Å². The maximum Gasteiger partial charge on any atom is 0.126 e. The molecule has 2 aromatic rings. The topological polar surface area (TPSA) is 12.9 Å². The van der Waals surface area contributed by atoms with Crippen molar-refractivity contribution < 1.29 is 8.78 Å². The minimum atomic E-state index is -0.547. The third kappa shape index (κ3) is 3.03. The van der Waals surface area contributed by atoms with Crippen molar-refractivity contribution in [1.29, 1.82) is 0 Å². The van der Waals surface area contributed by atoms with Crippen molar-refractivity contribution in [2.75, 3.05) is 6.26 Å². The van der Waals surface area contributed by atoms with Crippen molar-refractivity contribution in [3.63, 3.8) is 0 Å².